The summed E-state index contributed by atoms with van der Waals surface area (Å²) in [6.45, 7) is 5.20. The maximum Gasteiger partial charge on any atom is 0.156 e. The molecule has 0 spiro atoms. The van der Waals surface area contributed by atoms with Crippen LogP contribution in [0, 0.1) is 0 Å². The smallest absolute Gasteiger partial charge is 0.156 e. The van der Waals surface area contributed by atoms with E-state index >= 15 is 0 Å². The summed E-state index contributed by atoms with van der Waals surface area (Å²) in [4.78, 5) is 2.38. The van der Waals surface area contributed by atoms with Crippen LogP contribution < -0.4 is 5.73 Å². The average molecular weight is 213 g/mol. The molecular formula is C11H23N3O. The van der Waals surface area contributed by atoms with Crippen LogP contribution in [-0.2, 0) is 0 Å². The van der Waals surface area contributed by atoms with Crippen molar-refractivity contribution in [1.82, 2.24) is 4.90 Å². The molecule has 0 aromatic rings. The molecule has 0 saturated heterocycles. The first-order valence-electron chi connectivity index (χ1n) is 5.97. The molecule has 1 saturated carbocycles. The number of amidine groups is 1. The Morgan fingerprint density at radius 3 is 2.47 bits per heavy atom. The Morgan fingerprint density at radius 2 is 2.07 bits per heavy atom. The Bertz CT molecular complexity index is 212. The molecule has 4 heteroatoms. The van der Waals surface area contributed by atoms with Crippen LogP contribution in [0.2, 0.25) is 0 Å². The zero-order valence-corrected chi connectivity index (χ0v) is 9.82. The molecular weight excluding hydrogens is 190 g/mol. The molecule has 1 fully saturated rings. The monoisotopic (exact) mass is 213 g/mol. The molecule has 1 aliphatic rings. The Kier molecular flexibility index (Phi) is 4.88. The fourth-order valence-corrected chi connectivity index (χ4v) is 2.65. The third-order valence-electron chi connectivity index (χ3n) is 3.40. The van der Waals surface area contributed by atoms with E-state index in [4.69, 9.17) is 10.9 Å². The third kappa shape index (κ3) is 2.84. The van der Waals surface area contributed by atoms with Crippen molar-refractivity contribution in [1.29, 1.82) is 0 Å². The summed E-state index contributed by atoms with van der Waals surface area (Å²) < 4.78 is 0. The zero-order chi connectivity index (χ0) is 11.3. The number of oxime groups is 1. The number of nitrogens with zero attached hydrogens (tertiary/aromatic N) is 2. The predicted molar refractivity (Wildman–Crippen MR) is 62.1 cm³/mol. The minimum Gasteiger partial charge on any atom is -0.409 e. The summed E-state index contributed by atoms with van der Waals surface area (Å²) in [5.74, 6) is 0.353. The van der Waals surface area contributed by atoms with E-state index in [1.54, 1.807) is 0 Å². The highest BCUT2D eigenvalue weighted by molar-refractivity contribution is 5.85. The van der Waals surface area contributed by atoms with E-state index < -0.39 is 0 Å². The van der Waals surface area contributed by atoms with Crippen molar-refractivity contribution in [2.75, 3.05) is 6.54 Å². The van der Waals surface area contributed by atoms with Gasteiger partial charge in [0.25, 0.3) is 0 Å². The molecule has 4 nitrogen and oxygen atoms in total. The quantitative estimate of drug-likeness (QED) is 0.317. The van der Waals surface area contributed by atoms with Crippen molar-refractivity contribution in [3.63, 3.8) is 0 Å². The Hall–Kier alpha value is -0.770. The van der Waals surface area contributed by atoms with Crippen molar-refractivity contribution in [3.8, 4) is 0 Å². The summed E-state index contributed by atoms with van der Waals surface area (Å²) in [5.41, 5.74) is 5.73. The van der Waals surface area contributed by atoms with Crippen LogP contribution in [0.1, 0.15) is 46.0 Å². The van der Waals surface area contributed by atoms with Gasteiger partial charge in [0.1, 0.15) is 0 Å². The second-order valence-electron chi connectivity index (χ2n) is 4.22. The average Bonchev–Trinajstić information content (AvgIpc) is 2.77. The predicted octanol–water partition coefficient (Wildman–Crippen LogP) is 1.78. The van der Waals surface area contributed by atoms with Crippen molar-refractivity contribution < 1.29 is 5.21 Å². The molecule has 0 aromatic carbocycles. The van der Waals surface area contributed by atoms with Crippen LogP contribution in [0.5, 0.6) is 0 Å². The summed E-state index contributed by atoms with van der Waals surface area (Å²) in [6, 6.07) is 0.725. The number of likely N-dealkylation sites (N-methyl/N-ethyl adjacent to an activating group) is 1. The van der Waals surface area contributed by atoms with Crippen molar-refractivity contribution in [2.24, 2.45) is 10.9 Å². The van der Waals surface area contributed by atoms with E-state index in [9.17, 15) is 0 Å². The Morgan fingerprint density at radius 1 is 1.47 bits per heavy atom. The minimum absolute atomic E-state index is 0.100. The first-order valence-corrected chi connectivity index (χ1v) is 5.97. The molecule has 88 valence electrons. The molecule has 1 rings (SSSR count). The van der Waals surface area contributed by atoms with Crippen molar-refractivity contribution >= 4 is 5.84 Å². The third-order valence-corrected chi connectivity index (χ3v) is 3.40. The second-order valence-corrected chi connectivity index (χ2v) is 4.22. The van der Waals surface area contributed by atoms with Crippen molar-refractivity contribution in [3.05, 3.63) is 0 Å². The van der Waals surface area contributed by atoms with Gasteiger partial charge in [-0.05, 0) is 25.8 Å². The number of hydrogen-bond donors (Lipinski definition) is 2. The largest absolute Gasteiger partial charge is 0.409 e. The van der Waals surface area contributed by atoms with Crippen LogP contribution in [-0.4, -0.2) is 34.6 Å². The van der Waals surface area contributed by atoms with E-state index in [2.05, 4.69) is 23.9 Å². The molecule has 0 amide bonds. The normalized spacial score (nSPS) is 21.1. The van der Waals surface area contributed by atoms with Gasteiger partial charge in [-0.3, -0.25) is 4.90 Å². The van der Waals surface area contributed by atoms with E-state index in [1.165, 1.54) is 25.7 Å². The van der Waals surface area contributed by atoms with E-state index in [0.717, 1.165) is 13.0 Å². The van der Waals surface area contributed by atoms with Crippen LogP contribution in [0.3, 0.4) is 0 Å². The van der Waals surface area contributed by atoms with Gasteiger partial charge in [-0.1, -0.05) is 31.8 Å². The zero-order valence-electron chi connectivity index (χ0n) is 9.82. The summed E-state index contributed by atoms with van der Waals surface area (Å²) >= 11 is 0. The summed E-state index contributed by atoms with van der Waals surface area (Å²) in [7, 11) is 0. The van der Waals surface area contributed by atoms with E-state index in [-0.39, 0.29) is 6.04 Å². The van der Waals surface area contributed by atoms with Gasteiger partial charge >= 0.3 is 0 Å². The molecule has 0 heterocycles. The topological polar surface area (TPSA) is 61.9 Å². The van der Waals surface area contributed by atoms with Gasteiger partial charge in [0.2, 0.25) is 0 Å². The molecule has 1 unspecified atom stereocenters. The van der Waals surface area contributed by atoms with Gasteiger partial charge in [0, 0.05) is 6.04 Å². The lowest BCUT2D eigenvalue weighted by atomic mass is 10.1. The molecule has 0 radical (unpaired) electrons. The van der Waals surface area contributed by atoms with Crippen LogP contribution in [0.15, 0.2) is 5.16 Å². The highest BCUT2D eigenvalue weighted by Gasteiger charge is 2.28. The summed E-state index contributed by atoms with van der Waals surface area (Å²) in [6.07, 6.45) is 6.04. The molecule has 0 aliphatic heterocycles. The van der Waals surface area contributed by atoms with Gasteiger partial charge < -0.3 is 10.9 Å². The standard InChI is InChI=1S/C11H23N3O/c1-3-10(11(12)13-15)14(4-2)9-7-5-6-8-9/h9-10,15H,3-8H2,1-2H3,(H2,12,13). The van der Waals surface area contributed by atoms with E-state index in [1.807, 2.05) is 0 Å². The number of hydrogen-bond acceptors (Lipinski definition) is 3. The maximum atomic E-state index is 8.76. The van der Waals surface area contributed by atoms with Crippen LogP contribution in [0.25, 0.3) is 0 Å². The molecule has 0 bridgehead atoms. The second kappa shape index (κ2) is 5.95. The van der Waals surface area contributed by atoms with Crippen LogP contribution in [0.4, 0.5) is 0 Å². The lowest BCUT2D eigenvalue weighted by Gasteiger charge is -2.34. The first-order chi connectivity index (χ1) is 7.24. The van der Waals surface area contributed by atoms with E-state index in [0.29, 0.717) is 11.9 Å². The molecule has 1 atom stereocenters. The maximum absolute atomic E-state index is 8.76. The number of rotatable bonds is 5. The Balaban J connectivity index is 2.69. The fraction of sp³-hybridized carbons (Fsp3) is 0.909. The van der Waals surface area contributed by atoms with Gasteiger partial charge in [-0.2, -0.15) is 0 Å². The van der Waals surface area contributed by atoms with Crippen molar-refractivity contribution in [2.45, 2.75) is 58.0 Å². The lowest BCUT2D eigenvalue weighted by molar-refractivity contribution is 0.173. The highest BCUT2D eigenvalue weighted by Crippen LogP contribution is 2.25. The first kappa shape index (κ1) is 12.3. The minimum atomic E-state index is 0.100. The summed E-state index contributed by atoms with van der Waals surface area (Å²) in [5, 5.41) is 11.9. The highest BCUT2D eigenvalue weighted by atomic mass is 16.4. The van der Waals surface area contributed by atoms with Gasteiger partial charge in [-0.25, -0.2) is 0 Å². The number of nitrogens with two attached hydrogens (primary N) is 1. The molecule has 15 heavy (non-hydrogen) atoms. The van der Waals surface area contributed by atoms with Gasteiger partial charge in [0.15, 0.2) is 5.84 Å². The SMILES string of the molecule is CCC(C(N)=NO)N(CC)C1CCCC1. The molecule has 3 N–H and O–H groups in total. The van der Waals surface area contributed by atoms with Gasteiger partial charge in [0.05, 0.1) is 6.04 Å². The molecule has 1 aliphatic carbocycles. The molecule has 0 aromatic heterocycles. The fourth-order valence-electron chi connectivity index (χ4n) is 2.65. The van der Waals surface area contributed by atoms with Crippen LogP contribution >= 0.6 is 0 Å². The Labute approximate surface area is 92.1 Å². The lowest BCUT2D eigenvalue weighted by Crippen LogP contribution is -2.48. The van der Waals surface area contributed by atoms with Gasteiger partial charge in [-0.15, -0.1) is 0 Å².